The fourth-order valence-electron chi connectivity index (χ4n) is 3.74. The van der Waals surface area contributed by atoms with Gasteiger partial charge in [0, 0.05) is 45.8 Å². The van der Waals surface area contributed by atoms with Crippen LogP contribution in [0.5, 0.6) is 0 Å². The van der Waals surface area contributed by atoms with Gasteiger partial charge in [-0.25, -0.2) is 19.6 Å². The molecule has 2 aliphatic heterocycles. The second-order valence-corrected chi connectivity index (χ2v) is 8.76. The molecule has 2 aliphatic rings. The van der Waals surface area contributed by atoms with Crippen molar-refractivity contribution in [3.63, 3.8) is 0 Å². The van der Waals surface area contributed by atoms with E-state index in [9.17, 15) is 9.59 Å². The minimum atomic E-state index is -1.06. The number of piperidine rings is 1. The first-order valence-corrected chi connectivity index (χ1v) is 10.2. The standard InChI is InChI=1S/C20H31N5O4/c1-20(2,3)29-19(28)25-6-4-15(5-7-25)14-23-8-10-24(11-9-23)17-13-21-16(12-22-17)18(26)27/h12-13,15H,4-11,14H2,1-3H3,(H,26,27). The van der Waals surface area contributed by atoms with Crippen LogP contribution in [0.3, 0.4) is 0 Å². The van der Waals surface area contributed by atoms with E-state index in [1.165, 1.54) is 12.4 Å². The number of likely N-dealkylation sites (tertiary alicyclic amines) is 1. The number of nitrogens with zero attached hydrogens (tertiary/aromatic N) is 5. The zero-order valence-corrected chi connectivity index (χ0v) is 17.5. The smallest absolute Gasteiger partial charge is 0.410 e. The average Bonchev–Trinajstić information content (AvgIpc) is 2.68. The van der Waals surface area contributed by atoms with Crippen molar-refractivity contribution in [2.24, 2.45) is 5.92 Å². The Labute approximate surface area is 171 Å². The predicted molar refractivity (Wildman–Crippen MR) is 108 cm³/mol. The van der Waals surface area contributed by atoms with Crippen molar-refractivity contribution in [1.29, 1.82) is 0 Å². The van der Waals surface area contributed by atoms with E-state index in [0.29, 0.717) is 5.92 Å². The molecule has 2 saturated heterocycles. The van der Waals surface area contributed by atoms with E-state index < -0.39 is 11.6 Å². The summed E-state index contributed by atoms with van der Waals surface area (Å²) in [5.41, 5.74) is -0.489. The van der Waals surface area contributed by atoms with E-state index >= 15 is 0 Å². The number of carbonyl (C=O) groups excluding carboxylic acids is 1. The van der Waals surface area contributed by atoms with Crippen LogP contribution in [0.4, 0.5) is 10.6 Å². The first-order valence-electron chi connectivity index (χ1n) is 10.2. The molecule has 1 aromatic rings. The minimum absolute atomic E-state index is 0.0369. The molecule has 3 heterocycles. The van der Waals surface area contributed by atoms with Crippen LogP contribution in [0.1, 0.15) is 44.1 Å². The van der Waals surface area contributed by atoms with E-state index in [1.54, 1.807) is 0 Å². The van der Waals surface area contributed by atoms with Gasteiger partial charge in [-0.1, -0.05) is 0 Å². The van der Waals surface area contributed by atoms with Gasteiger partial charge in [-0.05, 0) is 39.5 Å². The fraction of sp³-hybridized carbons (Fsp3) is 0.700. The van der Waals surface area contributed by atoms with Gasteiger partial charge in [0.15, 0.2) is 5.69 Å². The number of hydrogen-bond donors (Lipinski definition) is 1. The Morgan fingerprint density at radius 3 is 2.24 bits per heavy atom. The molecule has 160 valence electrons. The molecule has 2 fully saturated rings. The largest absolute Gasteiger partial charge is 0.476 e. The molecule has 0 spiro atoms. The molecule has 9 nitrogen and oxygen atoms in total. The van der Waals surface area contributed by atoms with Crippen LogP contribution >= 0.6 is 0 Å². The second-order valence-electron chi connectivity index (χ2n) is 8.76. The molecule has 9 heteroatoms. The molecule has 0 atom stereocenters. The predicted octanol–water partition coefficient (Wildman–Crippen LogP) is 1.94. The zero-order chi connectivity index (χ0) is 21.0. The molecule has 0 radical (unpaired) electrons. The number of carboxylic acid groups (broad SMARTS) is 1. The lowest BCUT2D eigenvalue weighted by Gasteiger charge is -2.39. The van der Waals surface area contributed by atoms with E-state index in [-0.39, 0.29) is 11.8 Å². The molecular formula is C20H31N5O4. The van der Waals surface area contributed by atoms with Crippen molar-refractivity contribution < 1.29 is 19.4 Å². The van der Waals surface area contributed by atoms with Gasteiger partial charge < -0.3 is 19.6 Å². The van der Waals surface area contributed by atoms with E-state index in [2.05, 4.69) is 19.8 Å². The summed E-state index contributed by atoms with van der Waals surface area (Å²) in [4.78, 5) is 37.7. The van der Waals surface area contributed by atoms with Crippen molar-refractivity contribution in [1.82, 2.24) is 19.8 Å². The summed E-state index contributed by atoms with van der Waals surface area (Å²) in [6, 6.07) is 0. The first kappa shape index (κ1) is 21.3. The molecule has 1 N–H and O–H groups in total. The number of carboxylic acids is 1. The molecule has 0 bridgehead atoms. The van der Waals surface area contributed by atoms with Gasteiger partial charge in [0.25, 0.3) is 0 Å². The minimum Gasteiger partial charge on any atom is -0.476 e. The van der Waals surface area contributed by atoms with E-state index in [4.69, 9.17) is 9.84 Å². The molecule has 29 heavy (non-hydrogen) atoms. The average molecular weight is 405 g/mol. The van der Waals surface area contributed by atoms with Crippen LogP contribution in [0.25, 0.3) is 0 Å². The number of aromatic carboxylic acids is 1. The number of rotatable bonds is 4. The van der Waals surface area contributed by atoms with Crippen molar-refractivity contribution in [3.8, 4) is 0 Å². The number of ether oxygens (including phenoxy) is 1. The Bertz CT molecular complexity index is 703. The monoisotopic (exact) mass is 405 g/mol. The number of hydrogen-bond acceptors (Lipinski definition) is 7. The molecule has 1 amide bonds. The molecule has 3 rings (SSSR count). The summed E-state index contributed by atoms with van der Waals surface area (Å²) in [6.07, 6.45) is 4.64. The van der Waals surface area contributed by atoms with Crippen LogP contribution in [0.2, 0.25) is 0 Å². The van der Waals surface area contributed by atoms with Gasteiger partial charge in [-0.15, -0.1) is 0 Å². The van der Waals surface area contributed by atoms with Crippen molar-refractivity contribution in [2.45, 2.75) is 39.2 Å². The summed E-state index contributed by atoms with van der Waals surface area (Å²) >= 11 is 0. The molecule has 1 aromatic heterocycles. The third kappa shape index (κ3) is 6.03. The SMILES string of the molecule is CC(C)(C)OC(=O)N1CCC(CN2CCN(c3cnc(C(=O)O)cn3)CC2)CC1. The van der Waals surface area contributed by atoms with Crippen LogP contribution in [-0.4, -0.2) is 88.4 Å². The molecule has 0 aromatic carbocycles. The summed E-state index contributed by atoms with van der Waals surface area (Å²) in [6.45, 7) is 11.8. The summed E-state index contributed by atoms with van der Waals surface area (Å²) in [5.74, 6) is 0.252. The topological polar surface area (TPSA) is 99.1 Å². The highest BCUT2D eigenvalue weighted by Crippen LogP contribution is 2.22. The van der Waals surface area contributed by atoms with Crippen LogP contribution in [-0.2, 0) is 4.74 Å². The number of anilines is 1. The number of carbonyl (C=O) groups is 2. The van der Waals surface area contributed by atoms with Gasteiger partial charge >= 0.3 is 12.1 Å². The fourth-order valence-corrected chi connectivity index (χ4v) is 3.74. The van der Waals surface area contributed by atoms with Gasteiger partial charge in [0.2, 0.25) is 0 Å². The number of piperazine rings is 1. The summed E-state index contributed by atoms with van der Waals surface area (Å²) in [5, 5.41) is 8.92. The Morgan fingerprint density at radius 1 is 1.07 bits per heavy atom. The lowest BCUT2D eigenvalue weighted by molar-refractivity contribution is 0.0168. The van der Waals surface area contributed by atoms with Gasteiger partial charge in [-0.2, -0.15) is 0 Å². The van der Waals surface area contributed by atoms with Crippen molar-refractivity contribution >= 4 is 17.9 Å². The molecule has 0 unspecified atom stereocenters. The number of amides is 1. The quantitative estimate of drug-likeness (QED) is 0.811. The maximum absolute atomic E-state index is 12.2. The second kappa shape index (κ2) is 8.94. The first-order chi connectivity index (χ1) is 13.7. The normalized spacial score (nSPS) is 19.3. The Hall–Kier alpha value is -2.42. The lowest BCUT2D eigenvalue weighted by Crippen LogP contribution is -2.49. The molecule has 0 saturated carbocycles. The van der Waals surface area contributed by atoms with Gasteiger partial charge in [0.05, 0.1) is 12.4 Å². The van der Waals surface area contributed by atoms with Crippen LogP contribution in [0.15, 0.2) is 12.4 Å². The highest BCUT2D eigenvalue weighted by molar-refractivity contribution is 5.84. The molecular weight excluding hydrogens is 374 g/mol. The van der Waals surface area contributed by atoms with Crippen LogP contribution in [0, 0.1) is 5.92 Å². The van der Waals surface area contributed by atoms with E-state index in [0.717, 1.165) is 64.5 Å². The zero-order valence-electron chi connectivity index (χ0n) is 17.5. The lowest BCUT2D eigenvalue weighted by atomic mass is 9.96. The molecule has 0 aliphatic carbocycles. The maximum atomic E-state index is 12.2. The van der Waals surface area contributed by atoms with Crippen molar-refractivity contribution in [2.75, 3.05) is 50.7 Å². The Kier molecular flexibility index (Phi) is 6.56. The Balaban J connectivity index is 1.40. The van der Waals surface area contributed by atoms with Crippen molar-refractivity contribution in [3.05, 3.63) is 18.1 Å². The summed E-state index contributed by atoms with van der Waals surface area (Å²) < 4.78 is 5.46. The van der Waals surface area contributed by atoms with Gasteiger partial charge in [0.1, 0.15) is 11.4 Å². The Morgan fingerprint density at radius 2 is 1.72 bits per heavy atom. The number of aromatic nitrogens is 2. The summed E-state index contributed by atoms with van der Waals surface area (Å²) in [7, 11) is 0. The van der Waals surface area contributed by atoms with Gasteiger partial charge in [-0.3, -0.25) is 4.90 Å². The van der Waals surface area contributed by atoms with Crippen LogP contribution < -0.4 is 4.90 Å². The maximum Gasteiger partial charge on any atom is 0.410 e. The highest BCUT2D eigenvalue weighted by atomic mass is 16.6. The third-order valence-corrected chi connectivity index (χ3v) is 5.34. The highest BCUT2D eigenvalue weighted by Gasteiger charge is 2.28. The third-order valence-electron chi connectivity index (χ3n) is 5.34. The van der Waals surface area contributed by atoms with E-state index in [1.807, 2.05) is 25.7 Å².